The highest BCUT2D eigenvalue weighted by molar-refractivity contribution is 6.55. The van der Waals surface area contributed by atoms with Crippen molar-refractivity contribution in [1.29, 1.82) is 0 Å². The van der Waals surface area contributed by atoms with Crippen molar-refractivity contribution in [1.82, 2.24) is 0 Å². The van der Waals surface area contributed by atoms with Crippen molar-refractivity contribution in [3.05, 3.63) is 59.2 Å². The average Bonchev–Trinajstić information content (AvgIpc) is 2.87. The predicted molar refractivity (Wildman–Crippen MR) is 87.4 cm³/mol. The van der Waals surface area contributed by atoms with Gasteiger partial charge < -0.3 is 9.84 Å². The van der Waals surface area contributed by atoms with E-state index in [1.807, 2.05) is 13.0 Å². The number of para-hydroxylation sites is 1. The molecule has 0 saturated carbocycles. The summed E-state index contributed by atoms with van der Waals surface area (Å²) >= 11 is 0. The Kier molecular flexibility index (Phi) is 2.89. The molecule has 2 aliphatic heterocycles. The van der Waals surface area contributed by atoms with Crippen molar-refractivity contribution in [2.45, 2.75) is 12.6 Å². The van der Waals surface area contributed by atoms with Gasteiger partial charge >= 0.3 is 5.97 Å². The molecule has 2 aromatic rings. The number of hydrogen-bond acceptors (Lipinski definition) is 6. The fourth-order valence-electron chi connectivity index (χ4n) is 3.24. The molecular weight excluding hydrogens is 308 g/mol. The molecule has 2 aliphatic rings. The lowest BCUT2D eigenvalue weighted by molar-refractivity contribution is -0.162. The number of fused-ring (bicyclic) bond motifs is 4. The lowest BCUT2D eigenvalue weighted by atomic mass is 9.96. The van der Waals surface area contributed by atoms with Crippen LogP contribution < -0.4 is 4.90 Å². The van der Waals surface area contributed by atoms with Crippen molar-refractivity contribution < 1.29 is 19.4 Å². The maximum atomic E-state index is 12.8. The summed E-state index contributed by atoms with van der Waals surface area (Å²) in [6, 6.07) is 11.9. The Hall–Kier alpha value is -2.99. The molecule has 4 rings (SSSR count). The minimum absolute atomic E-state index is 0.0159. The third-order valence-electron chi connectivity index (χ3n) is 4.35. The van der Waals surface area contributed by atoms with Crippen LogP contribution in [0.4, 0.5) is 11.4 Å². The molecule has 0 spiro atoms. The summed E-state index contributed by atoms with van der Waals surface area (Å²) in [5.74, 6) is -1.18. The van der Waals surface area contributed by atoms with Crippen molar-refractivity contribution >= 4 is 29.0 Å². The van der Waals surface area contributed by atoms with E-state index >= 15 is 0 Å². The van der Waals surface area contributed by atoms with Gasteiger partial charge in [-0.25, -0.2) is 9.79 Å². The Morgan fingerprint density at radius 1 is 1.25 bits per heavy atom. The summed E-state index contributed by atoms with van der Waals surface area (Å²) in [5, 5.41) is 11.3. The standard InChI is InChI=1S/C18H14N2O4/c1-10-7-8-14-11(9-10)15(21)16-19-13-6-4-3-5-12(13)18(23,20(14)16)17(22)24-2/h3-9,23H,1-2H3. The highest BCUT2D eigenvalue weighted by atomic mass is 16.5. The van der Waals surface area contributed by atoms with Crippen molar-refractivity contribution in [3.63, 3.8) is 0 Å². The van der Waals surface area contributed by atoms with Gasteiger partial charge in [-0.05, 0) is 25.1 Å². The van der Waals surface area contributed by atoms with Gasteiger partial charge in [0.25, 0.3) is 5.72 Å². The topological polar surface area (TPSA) is 79.2 Å². The summed E-state index contributed by atoms with van der Waals surface area (Å²) < 4.78 is 4.83. The van der Waals surface area contributed by atoms with Crippen LogP contribution in [0, 0.1) is 6.92 Å². The van der Waals surface area contributed by atoms with Crippen molar-refractivity contribution in [3.8, 4) is 0 Å². The van der Waals surface area contributed by atoms with Crippen LogP contribution in [0.2, 0.25) is 0 Å². The number of aliphatic hydroxyl groups is 1. The normalized spacial score (nSPS) is 20.9. The fraction of sp³-hybridized carbons (Fsp3) is 0.167. The molecule has 0 radical (unpaired) electrons. The van der Waals surface area contributed by atoms with Gasteiger partial charge in [-0.1, -0.05) is 29.8 Å². The summed E-state index contributed by atoms with van der Waals surface area (Å²) in [5.41, 5.74) is 0.257. The van der Waals surface area contributed by atoms with Crippen LogP contribution in [0.25, 0.3) is 0 Å². The Morgan fingerprint density at radius 3 is 2.75 bits per heavy atom. The number of ketones is 1. The summed E-state index contributed by atoms with van der Waals surface area (Å²) in [6.45, 7) is 1.87. The van der Waals surface area contributed by atoms with Gasteiger partial charge in [-0.15, -0.1) is 0 Å². The van der Waals surface area contributed by atoms with Crippen LogP contribution in [-0.4, -0.2) is 29.8 Å². The first-order valence-corrected chi connectivity index (χ1v) is 7.43. The molecule has 2 aromatic carbocycles. The van der Waals surface area contributed by atoms with Gasteiger partial charge in [-0.3, -0.25) is 9.69 Å². The highest BCUT2D eigenvalue weighted by Crippen LogP contribution is 2.46. The summed E-state index contributed by atoms with van der Waals surface area (Å²) in [4.78, 5) is 30.9. The van der Waals surface area contributed by atoms with Gasteiger partial charge in [0.15, 0.2) is 5.84 Å². The summed E-state index contributed by atoms with van der Waals surface area (Å²) in [6.07, 6.45) is 0. The van der Waals surface area contributed by atoms with Crippen LogP contribution in [-0.2, 0) is 15.3 Å². The Labute approximate surface area is 138 Å². The zero-order valence-corrected chi connectivity index (χ0v) is 13.1. The number of aliphatic imine (C=N–C) groups is 1. The smallest absolute Gasteiger partial charge is 0.365 e. The number of aryl methyl sites for hydroxylation is 1. The molecule has 0 aromatic heterocycles. The number of carbonyl (C=O) groups is 2. The minimum Gasteiger partial charge on any atom is -0.465 e. The molecule has 6 nitrogen and oxygen atoms in total. The molecule has 6 heteroatoms. The number of nitrogens with zero attached hydrogens (tertiary/aromatic N) is 2. The molecule has 0 amide bonds. The van der Waals surface area contributed by atoms with Crippen LogP contribution in [0.1, 0.15) is 21.5 Å². The number of amidine groups is 1. The van der Waals surface area contributed by atoms with E-state index < -0.39 is 11.7 Å². The van der Waals surface area contributed by atoms with Gasteiger partial charge in [0.2, 0.25) is 5.78 Å². The van der Waals surface area contributed by atoms with E-state index in [-0.39, 0.29) is 17.2 Å². The van der Waals surface area contributed by atoms with E-state index in [4.69, 9.17) is 4.74 Å². The van der Waals surface area contributed by atoms with E-state index in [0.29, 0.717) is 16.9 Å². The van der Waals surface area contributed by atoms with Crippen LogP contribution in [0.5, 0.6) is 0 Å². The van der Waals surface area contributed by atoms with Gasteiger partial charge in [-0.2, -0.15) is 0 Å². The number of rotatable bonds is 1. The quantitative estimate of drug-likeness (QED) is 0.813. The zero-order valence-electron chi connectivity index (χ0n) is 13.1. The number of carbonyl (C=O) groups excluding carboxylic acids is 2. The minimum atomic E-state index is -2.14. The van der Waals surface area contributed by atoms with Crippen molar-refractivity contribution in [2.24, 2.45) is 4.99 Å². The molecule has 0 saturated heterocycles. The average molecular weight is 322 g/mol. The Balaban J connectivity index is 2.06. The lowest BCUT2D eigenvalue weighted by Gasteiger charge is -2.39. The first-order chi connectivity index (χ1) is 11.5. The number of esters is 1. The third-order valence-corrected chi connectivity index (χ3v) is 4.35. The monoisotopic (exact) mass is 322 g/mol. The molecule has 0 aliphatic carbocycles. The van der Waals surface area contributed by atoms with E-state index in [1.165, 1.54) is 12.0 Å². The highest BCUT2D eigenvalue weighted by Gasteiger charge is 2.56. The predicted octanol–water partition coefficient (Wildman–Crippen LogP) is 2.06. The number of ether oxygens (including phenoxy) is 1. The first-order valence-electron chi connectivity index (χ1n) is 7.43. The van der Waals surface area contributed by atoms with E-state index in [9.17, 15) is 14.7 Å². The SMILES string of the molecule is COC(=O)C1(O)c2ccccc2N=C2C(=O)c3cc(C)ccc3N21. The fourth-order valence-corrected chi connectivity index (χ4v) is 3.24. The molecule has 0 bridgehead atoms. The van der Waals surface area contributed by atoms with Gasteiger partial charge in [0.1, 0.15) is 0 Å². The number of hydrogen-bond donors (Lipinski definition) is 1. The molecule has 1 atom stereocenters. The number of Topliss-reactive ketones (excluding diaryl/α,β-unsaturated/α-hetero) is 1. The second-order valence-corrected chi connectivity index (χ2v) is 5.80. The van der Waals surface area contributed by atoms with E-state index in [0.717, 1.165) is 5.56 Å². The van der Waals surface area contributed by atoms with Gasteiger partial charge in [0.05, 0.1) is 18.5 Å². The molecule has 24 heavy (non-hydrogen) atoms. The first kappa shape index (κ1) is 14.6. The molecule has 120 valence electrons. The second-order valence-electron chi connectivity index (χ2n) is 5.80. The van der Waals surface area contributed by atoms with E-state index in [2.05, 4.69) is 4.99 Å². The molecular formula is C18H14N2O4. The molecule has 2 heterocycles. The Morgan fingerprint density at radius 2 is 2.00 bits per heavy atom. The number of benzene rings is 2. The third kappa shape index (κ3) is 1.66. The molecule has 0 fully saturated rings. The van der Waals surface area contributed by atoms with Crippen LogP contribution in [0.15, 0.2) is 47.5 Å². The number of anilines is 1. The van der Waals surface area contributed by atoms with Crippen LogP contribution in [0.3, 0.4) is 0 Å². The van der Waals surface area contributed by atoms with Crippen LogP contribution >= 0.6 is 0 Å². The zero-order chi connectivity index (χ0) is 17.1. The summed E-state index contributed by atoms with van der Waals surface area (Å²) in [7, 11) is 1.20. The lowest BCUT2D eigenvalue weighted by Crippen LogP contribution is -2.56. The van der Waals surface area contributed by atoms with Gasteiger partial charge in [0, 0.05) is 11.1 Å². The number of methoxy groups -OCH3 is 1. The Bertz CT molecular complexity index is 934. The van der Waals surface area contributed by atoms with E-state index in [1.54, 1.807) is 36.4 Å². The largest absolute Gasteiger partial charge is 0.465 e. The molecule has 1 N–H and O–H groups in total. The second kappa shape index (κ2) is 4.75. The molecule has 1 unspecified atom stereocenters. The maximum absolute atomic E-state index is 12.8. The van der Waals surface area contributed by atoms with Crippen molar-refractivity contribution in [2.75, 3.05) is 12.0 Å². The maximum Gasteiger partial charge on any atom is 0.365 e.